The van der Waals surface area contributed by atoms with Gasteiger partial charge in [0.1, 0.15) is 0 Å². The smallest absolute Gasteiger partial charge is 0.210 e. The normalized spacial score (nSPS) is 11.1. The summed E-state index contributed by atoms with van der Waals surface area (Å²) < 4.78 is 15.3. The molecule has 0 bridgehead atoms. The molecule has 0 atom stereocenters. The molecule has 0 radical (unpaired) electrons. The molecule has 106 valence electrons. The Balaban J connectivity index is 2.77. The summed E-state index contributed by atoms with van der Waals surface area (Å²) in [4.78, 5) is 4.20. The Morgan fingerprint density at radius 2 is 1.95 bits per heavy atom. The van der Waals surface area contributed by atoms with Gasteiger partial charge in [-0.1, -0.05) is 0 Å². The third-order valence-corrected chi connectivity index (χ3v) is 2.35. The zero-order valence-electron chi connectivity index (χ0n) is 11.4. The molecular formula is C12H20N4O3. The summed E-state index contributed by atoms with van der Waals surface area (Å²) in [5.41, 5.74) is 3.27. The number of anilines is 1. The summed E-state index contributed by atoms with van der Waals surface area (Å²) in [6, 6.07) is 5.43. The number of hydrogen-bond acceptors (Lipinski definition) is 5. The molecule has 4 N–H and O–H groups in total. The molecule has 0 heterocycles. The maximum absolute atomic E-state index is 5.39. The highest BCUT2D eigenvalue weighted by Gasteiger charge is 2.05. The number of nitrogens with zero attached hydrogens (tertiary/aromatic N) is 1. The van der Waals surface area contributed by atoms with Crippen LogP contribution in [-0.2, 0) is 4.74 Å². The van der Waals surface area contributed by atoms with Gasteiger partial charge in [0.05, 0.1) is 27.4 Å². The van der Waals surface area contributed by atoms with Gasteiger partial charge in [-0.25, -0.2) is 10.8 Å². The molecule has 0 saturated carbocycles. The molecule has 1 aromatic carbocycles. The van der Waals surface area contributed by atoms with E-state index in [0.717, 1.165) is 5.69 Å². The van der Waals surface area contributed by atoms with E-state index in [1.54, 1.807) is 33.5 Å². The van der Waals surface area contributed by atoms with E-state index in [2.05, 4.69) is 15.7 Å². The molecule has 7 heteroatoms. The molecule has 0 aromatic heterocycles. The molecule has 7 nitrogen and oxygen atoms in total. The monoisotopic (exact) mass is 268 g/mol. The van der Waals surface area contributed by atoms with E-state index >= 15 is 0 Å². The molecule has 0 aliphatic carbocycles. The highest BCUT2D eigenvalue weighted by molar-refractivity contribution is 5.93. The van der Waals surface area contributed by atoms with Crippen molar-refractivity contribution in [3.63, 3.8) is 0 Å². The number of rotatable bonds is 6. The number of guanidine groups is 1. The maximum atomic E-state index is 5.39. The number of nitrogens with two attached hydrogens (primary N) is 1. The maximum Gasteiger partial charge on any atom is 0.210 e. The van der Waals surface area contributed by atoms with Crippen LogP contribution in [0, 0.1) is 0 Å². The third kappa shape index (κ3) is 4.65. The molecule has 0 saturated heterocycles. The molecule has 1 aromatic rings. The van der Waals surface area contributed by atoms with Crippen LogP contribution in [0.4, 0.5) is 5.69 Å². The summed E-state index contributed by atoms with van der Waals surface area (Å²) >= 11 is 0. The quantitative estimate of drug-likeness (QED) is 0.230. The van der Waals surface area contributed by atoms with Crippen LogP contribution in [0.3, 0.4) is 0 Å². The highest BCUT2D eigenvalue weighted by atomic mass is 16.5. The fraction of sp³-hybridized carbons (Fsp3) is 0.417. The lowest BCUT2D eigenvalue weighted by molar-refractivity contribution is 0.208. The van der Waals surface area contributed by atoms with Crippen molar-refractivity contribution < 1.29 is 14.2 Å². The lowest BCUT2D eigenvalue weighted by Crippen LogP contribution is -2.36. The first-order valence-corrected chi connectivity index (χ1v) is 5.74. The number of nitrogens with one attached hydrogen (secondary N) is 2. The van der Waals surface area contributed by atoms with E-state index in [0.29, 0.717) is 30.6 Å². The SMILES string of the molecule is COCCN=C(NN)Nc1ccc(OC)c(OC)c1. The third-order valence-electron chi connectivity index (χ3n) is 2.35. The Labute approximate surface area is 112 Å². The van der Waals surface area contributed by atoms with Crippen molar-refractivity contribution in [1.82, 2.24) is 5.43 Å². The van der Waals surface area contributed by atoms with E-state index < -0.39 is 0 Å². The Morgan fingerprint density at radius 1 is 1.21 bits per heavy atom. The van der Waals surface area contributed by atoms with Gasteiger partial charge in [-0.05, 0) is 12.1 Å². The predicted molar refractivity (Wildman–Crippen MR) is 74.7 cm³/mol. The first-order chi connectivity index (χ1) is 9.24. The average molecular weight is 268 g/mol. The predicted octanol–water partition coefficient (Wildman–Crippen LogP) is 0.581. The van der Waals surface area contributed by atoms with Crippen LogP contribution in [0.1, 0.15) is 0 Å². The van der Waals surface area contributed by atoms with Crippen molar-refractivity contribution in [3.05, 3.63) is 18.2 Å². The zero-order valence-corrected chi connectivity index (χ0v) is 11.4. The Kier molecular flexibility index (Phi) is 6.48. The van der Waals surface area contributed by atoms with Crippen molar-refractivity contribution >= 4 is 11.6 Å². The second-order valence-electron chi connectivity index (χ2n) is 3.56. The zero-order chi connectivity index (χ0) is 14.1. The Hall–Kier alpha value is -1.99. The van der Waals surface area contributed by atoms with Gasteiger partial charge in [0, 0.05) is 18.9 Å². The van der Waals surface area contributed by atoms with Crippen molar-refractivity contribution in [2.24, 2.45) is 10.8 Å². The van der Waals surface area contributed by atoms with Gasteiger partial charge in [-0.15, -0.1) is 0 Å². The summed E-state index contributed by atoms with van der Waals surface area (Å²) in [6.07, 6.45) is 0. The van der Waals surface area contributed by atoms with Crippen LogP contribution in [0.2, 0.25) is 0 Å². The first kappa shape index (κ1) is 15.1. The van der Waals surface area contributed by atoms with Crippen LogP contribution in [0.5, 0.6) is 11.5 Å². The number of benzene rings is 1. The second kappa shape index (κ2) is 8.17. The van der Waals surface area contributed by atoms with E-state index in [-0.39, 0.29) is 0 Å². The topological polar surface area (TPSA) is 90.1 Å². The van der Waals surface area contributed by atoms with Crippen LogP contribution < -0.4 is 26.1 Å². The number of hydrazine groups is 1. The van der Waals surface area contributed by atoms with Gasteiger partial charge in [-0.3, -0.25) is 5.43 Å². The average Bonchev–Trinajstić information content (AvgIpc) is 2.46. The number of ether oxygens (including phenoxy) is 3. The first-order valence-electron chi connectivity index (χ1n) is 5.74. The number of methoxy groups -OCH3 is 3. The van der Waals surface area contributed by atoms with Crippen LogP contribution >= 0.6 is 0 Å². The van der Waals surface area contributed by atoms with Gasteiger partial charge >= 0.3 is 0 Å². The summed E-state index contributed by atoms with van der Waals surface area (Å²) in [5.74, 6) is 7.12. The minimum absolute atomic E-state index is 0.448. The molecule has 0 fully saturated rings. The molecule has 1 rings (SSSR count). The molecule has 19 heavy (non-hydrogen) atoms. The van der Waals surface area contributed by atoms with Crippen molar-refractivity contribution in [1.29, 1.82) is 0 Å². The van der Waals surface area contributed by atoms with E-state index in [1.807, 2.05) is 6.07 Å². The van der Waals surface area contributed by atoms with Crippen molar-refractivity contribution in [2.75, 3.05) is 39.8 Å². The molecular weight excluding hydrogens is 248 g/mol. The Bertz CT molecular complexity index is 423. The fourth-order valence-corrected chi connectivity index (χ4v) is 1.42. The standard InChI is InChI=1S/C12H20N4O3/c1-17-7-6-14-12(16-13)15-9-4-5-10(18-2)11(8-9)19-3/h4-5,8H,6-7,13H2,1-3H3,(H2,14,15,16). The summed E-state index contributed by atoms with van der Waals surface area (Å²) in [5, 5.41) is 3.04. The number of aliphatic imine (C=N–C) groups is 1. The second-order valence-corrected chi connectivity index (χ2v) is 3.56. The number of hydrogen-bond donors (Lipinski definition) is 3. The Morgan fingerprint density at radius 3 is 2.53 bits per heavy atom. The molecule has 0 aliphatic rings. The van der Waals surface area contributed by atoms with Crippen LogP contribution in [0.15, 0.2) is 23.2 Å². The minimum Gasteiger partial charge on any atom is -0.493 e. The van der Waals surface area contributed by atoms with Gasteiger partial charge in [0.25, 0.3) is 0 Å². The minimum atomic E-state index is 0.448. The molecule has 0 aliphatic heterocycles. The van der Waals surface area contributed by atoms with Gasteiger partial charge in [0.2, 0.25) is 5.96 Å². The van der Waals surface area contributed by atoms with E-state index in [9.17, 15) is 0 Å². The lowest BCUT2D eigenvalue weighted by Gasteiger charge is -2.12. The molecule has 0 spiro atoms. The fourth-order valence-electron chi connectivity index (χ4n) is 1.42. The van der Waals surface area contributed by atoms with Crippen LogP contribution in [0.25, 0.3) is 0 Å². The summed E-state index contributed by atoms with van der Waals surface area (Å²) in [7, 11) is 4.78. The van der Waals surface area contributed by atoms with Gasteiger partial charge in [0.15, 0.2) is 11.5 Å². The summed E-state index contributed by atoms with van der Waals surface area (Å²) in [6.45, 7) is 1.04. The van der Waals surface area contributed by atoms with Gasteiger partial charge in [-0.2, -0.15) is 0 Å². The van der Waals surface area contributed by atoms with Crippen molar-refractivity contribution in [2.45, 2.75) is 0 Å². The van der Waals surface area contributed by atoms with Crippen LogP contribution in [-0.4, -0.2) is 40.4 Å². The van der Waals surface area contributed by atoms with Gasteiger partial charge < -0.3 is 19.5 Å². The molecule has 0 amide bonds. The van der Waals surface area contributed by atoms with E-state index in [4.69, 9.17) is 20.1 Å². The van der Waals surface area contributed by atoms with E-state index in [1.165, 1.54) is 0 Å². The van der Waals surface area contributed by atoms with Crippen molar-refractivity contribution in [3.8, 4) is 11.5 Å². The molecule has 0 unspecified atom stereocenters. The highest BCUT2D eigenvalue weighted by Crippen LogP contribution is 2.29. The lowest BCUT2D eigenvalue weighted by atomic mass is 10.3. The largest absolute Gasteiger partial charge is 0.493 e.